The molecular formula is C58H43NO2. The normalized spacial score (nSPS) is 13.5. The summed E-state index contributed by atoms with van der Waals surface area (Å²) in [4.78, 5) is 2.43. The molecule has 2 heterocycles. The third kappa shape index (κ3) is 6.03. The molecule has 292 valence electrons. The molecule has 0 aliphatic heterocycles. The van der Waals surface area contributed by atoms with E-state index in [0.717, 1.165) is 83.2 Å². The van der Waals surface area contributed by atoms with Gasteiger partial charge in [0.25, 0.3) is 0 Å². The van der Waals surface area contributed by atoms with E-state index in [-0.39, 0.29) is 0 Å². The highest BCUT2D eigenvalue weighted by atomic mass is 16.3. The number of furan rings is 2. The third-order valence-electron chi connectivity index (χ3n) is 13.1. The van der Waals surface area contributed by atoms with Crippen molar-refractivity contribution in [1.82, 2.24) is 0 Å². The molecule has 0 N–H and O–H groups in total. The van der Waals surface area contributed by atoms with Crippen LogP contribution < -0.4 is 4.90 Å². The summed E-state index contributed by atoms with van der Waals surface area (Å²) >= 11 is 0. The van der Waals surface area contributed by atoms with Crippen LogP contribution >= 0.6 is 0 Å². The summed E-state index contributed by atoms with van der Waals surface area (Å²) in [5.41, 5.74) is 15.3. The molecule has 1 aliphatic carbocycles. The molecule has 61 heavy (non-hydrogen) atoms. The summed E-state index contributed by atoms with van der Waals surface area (Å²) in [7, 11) is 0. The summed E-state index contributed by atoms with van der Waals surface area (Å²) in [6.45, 7) is 0. The fraction of sp³-hybridized carbons (Fsp3) is 0.103. The van der Waals surface area contributed by atoms with Gasteiger partial charge in [-0.1, -0.05) is 171 Å². The fourth-order valence-corrected chi connectivity index (χ4v) is 10.2. The van der Waals surface area contributed by atoms with Gasteiger partial charge in [0.15, 0.2) is 0 Å². The number of hydrogen-bond donors (Lipinski definition) is 0. The Morgan fingerprint density at radius 3 is 1.46 bits per heavy atom. The lowest BCUT2D eigenvalue weighted by Crippen LogP contribution is -2.11. The maximum atomic E-state index is 6.48. The molecule has 1 saturated carbocycles. The Bertz CT molecular complexity index is 3240. The van der Waals surface area contributed by atoms with Crippen molar-refractivity contribution < 1.29 is 8.83 Å². The van der Waals surface area contributed by atoms with Gasteiger partial charge in [0.1, 0.15) is 22.3 Å². The second-order valence-electron chi connectivity index (χ2n) is 16.6. The second kappa shape index (κ2) is 14.7. The second-order valence-corrected chi connectivity index (χ2v) is 16.6. The predicted octanol–water partition coefficient (Wildman–Crippen LogP) is 17.2. The molecule has 9 aromatic carbocycles. The summed E-state index contributed by atoms with van der Waals surface area (Å²) in [5.74, 6) is 0.578. The fourth-order valence-electron chi connectivity index (χ4n) is 10.2. The number of para-hydroxylation sites is 5. The van der Waals surface area contributed by atoms with Gasteiger partial charge in [0.2, 0.25) is 0 Å². The zero-order valence-corrected chi connectivity index (χ0v) is 33.9. The number of nitrogens with zero attached hydrogens (tertiary/aromatic N) is 1. The van der Waals surface area contributed by atoms with Crippen LogP contribution in [0.15, 0.2) is 203 Å². The monoisotopic (exact) mass is 785 g/mol. The van der Waals surface area contributed by atoms with Crippen LogP contribution in [0, 0.1) is 0 Å². The molecule has 11 aromatic rings. The SMILES string of the molecule is c1ccc(N(c2ccc(-c3cccc4c3oc3ccccc34)cc2)c2ccc(-c3cccc4c3oc3ccccc34)cc2)c(-c2cccc3cccc(C4CCCCC4)c23)c1. The van der Waals surface area contributed by atoms with Crippen LogP contribution in [-0.4, -0.2) is 0 Å². The van der Waals surface area contributed by atoms with Crippen LogP contribution in [0.2, 0.25) is 0 Å². The smallest absolute Gasteiger partial charge is 0.143 e. The summed E-state index contributed by atoms with van der Waals surface area (Å²) < 4.78 is 13.0. The van der Waals surface area contributed by atoms with Crippen LogP contribution in [-0.2, 0) is 0 Å². The van der Waals surface area contributed by atoms with E-state index in [4.69, 9.17) is 8.83 Å². The lowest BCUT2D eigenvalue weighted by Gasteiger charge is -2.29. The molecular weight excluding hydrogens is 743 g/mol. The molecule has 3 heteroatoms. The minimum absolute atomic E-state index is 0.578. The van der Waals surface area contributed by atoms with E-state index in [1.807, 2.05) is 24.3 Å². The molecule has 0 atom stereocenters. The molecule has 0 radical (unpaired) electrons. The molecule has 1 fully saturated rings. The van der Waals surface area contributed by atoms with E-state index >= 15 is 0 Å². The zero-order chi connectivity index (χ0) is 40.3. The Morgan fingerprint density at radius 2 is 0.852 bits per heavy atom. The van der Waals surface area contributed by atoms with E-state index in [1.165, 1.54) is 59.6 Å². The van der Waals surface area contributed by atoms with Crippen molar-refractivity contribution in [2.75, 3.05) is 4.90 Å². The molecule has 1 aliphatic rings. The number of hydrogen-bond acceptors (Lipinski definition) is 3. The topological polar surface area (TPSA) is 29.5 Å². The van der Waals surface area contributed by atoms with Crippen molar-refractivity contribution in [3.63, 3.8) is 0 Å². The summed E-state index contributed by atoms with van der Waals surface area (Å²) in [6, 6.07) is 70.2. The molecule has 12 rings (SSSR count). The Balaban J connectivity index is 1.02. The van der Waals surface area contributed by atoms with E-state index in [9.17, 15) is 0 Å². The Morgan fingerprint density at radius 1 is 0.377 bits per heavy atom. The number of anilines is 3. The van der Waals surface area contributed by atoms with E-state index in [1.54, 1.807) is 0 Å². The van der Waals surface area contributed by atoms with Crippen molar-refractivity contribution in [2.45, 2.75) is 38.0 Å². The molecule has 3 nitrogen and oxygen atoms in total. The van der Waals surface area contributed by atoms with Crippen LogP contribution in [0.4, 0.5) is 17.1 Å². The van der Waals surface area contributed by atoms with Crippen molar-refractivity contribution in [1.29, 1.82) is 0 Å². The highest BCUT2D eigenvalue weighted by molar-refractivity contribution is 6.11. The molecule has 0 bridgehead atoms. The maximum absolute atomic E-state index is 6.48. The minimum atomic E-state index is 0.578. The van der Waals surface area contributed by atoms with Crippen molar-refractivity contribution in [2.24, 2.45) is 0 Å². The number of fused-ring (bicyclic) bond motifs is 7. The first-order valence-electron chi connectivity index (χ1n) is 21.7. The average molecular weight is 786 g/mol. The molecule has 0 saturated heterocycles. The van der Waals surface area contributed by atoms with Gasteiger partial charge in [-0.3, -0.25) is 0 Å². The van der Waals surface area contributed by atoms with Gasteiger partial charge < -0.3 is 13.7 Å². The zero-order valence-electron chi connectivity index (χ0n) is 33.9. The molecule has 2 aromatic heterocycles. The molecule has 0 spiro atoms. The summed E-state index contributed by atoms with van der Waals surface area (Å²) in [5, 5.41) is 7.23. The maximum Gasteiger partial charge on any atom is 0.143 e. The van der Waals surface area contributed by atoms with Gasteiger partial charge in [0, 0.05) is 49.6 Å². The van der Waals surface area contributed by atoms with Gasteiger partial charge in [-0.15, -0.1) is 0 Å². The first-order chi connectivity index (χ1) is 30.3. The lowest BCUT2D eigenvalue weighted by molar-refractivity contribution is 0.445. The van der Waals surface area contributed by atoms with Gasteiger partial charge in [-0.25, -0.2) is 0 Å². The summed E-state index contributed by atoms with van der Waals surface area (Å²) in [6.07, 6.45) is 6.45. The number of benzene rings is 9. The Hall–Kier alpha value is -7.36. The van der Waals surface area contributed by atoms with E-state index in [2.05, 4.69) is 175 Å². The first kappa shape index (κ1) is 35.6. The van der Waals surface area contributed by atoms with Gasteiger partial charge >= 0.3 is 0 Å². The standard InChI is InChI=1S/C58H43NO2/c1-2-14-38(15-3-1)44-21-10-16-41-17-11-24-50(56(41)44)47-18-4-7-27-53(47)59(42-34-30-39(31-35-42)45-22-12-25-51-48-19-5-8-28-54(48)60-57(45)51)43-36-32-40(33-37-43)46-23-13-26-52-49-20-6-9-29-55(49)61-58(46)52/h4-13,16-38H,1-3,14-15H2. The van der Waals surface area contributed by atoms with Crippen molar-refractivity contribution in [3.8, 4) is 33.4 Å². The van der Waals surface area contributed by atoms with Crippen LogP contribution in [0.25, 0.3) is 88.0 Å². The highest BCUT2D eigenvalue weighted by Crippen LogP contribution is 2.47. The van der Waals surface area contributed by atoms with Crippen LogP contribution in [0.3, 0.4) is 0 Å². The Labute approximate surface area is 355 Å². The van der Waals surface area contributed by atoms with Gasteiger partial charge in [-0.2, -0.15) is 0 Å². The van der Waals surface area contributed by atoms with Crippen molar-refractivity contribution in [3.05, 3.63) is 200 Å². The predicted molar refractivity (Wildman–Crippen MR) is 255 cm³/mol. The molecule has 0 unspecified atom stereocenters. The minimum Gasteiger partial charge on any atom is -0.455 e. The molecule has 0 amide bonds. The van der Waals surface area contributed by atoms with E-state index in [0.29, 0.717) is 5.92 Å². The van der Waals surface area contributed by atoms with Gasteiger partial charge in [0.05, 0.1) is 5.69 Å². The van der Waals surface area contributed by atoms with Crippen LogP contribution in [0.1, 0.15) is 43.6 Å². The third-order valence-corrected chi connectivity index (χ3v) is 13.1. The largest absolute Gasteiger partial charge is 0.455 e. The van der Waals surface area contributed by atoms with Gasteiger partial charge in [-0.05, 0) is 94.3 Å². The van der Waals surface area contributed by atoms with E-state index < -0.39 is 0 Å². The number of rotatable bonds is 7. The lowest BCUT2D eigenvalue weighted by atomic mass is 9.80. The average Bonchev–Trinajstić information content (AvgIpc) is 3.91. The highest BCUT2D eigenvalue weighted by Gasteiger charge is 2.23. The Kier molecular flexibility index (Phi) is 8.59. The quantitative estimate of drug-likeness (QED) is 0.161. The van der Waals surface area contributed by atoms with Crippen LogP contribution in [0.5, 0.6) is 0 Å². The first-order valence-corrected chi connectivity index (χ1v) is 21.7. The van der Waals surface area contributed by atoms with Crippen molar-refractivity contribution >= 4 is 71.7 Å².